The van der Waals surface area contributed by atoms with Crippen LogP contribution in [-0.4, -0.2) is 5.60 Å². The van der Waals surface area contributed by atoms with E-state index in [0.717, 1.165) is 17.7 Å². The molecular weight excluding hydrogens is 391 g/mol. The van der Waals surface area contributed by atoms with Gasteiger partial charge in [-0.25, -0.2) is 4.39 Å². The number of hydrogen-bond acceptors (Lipinski definition) is 1. The van der Waals surface area contributed by atoms with E-state index < -0.39 is 5.60 Å². The van der Waals surface area contributed by atoms with Crippen LogP contribution >= 0.6 is 0 Å². The Morgan fingerprint density at radius 3 is 2.07 bits per heavy atom. The zero-order valence-corrected chi connectivity index (χ0v) is 17.8. The first-order chi connectivity index (χ1) is 14.7. The van der Waals surface area contributed by atoms with Crippen molar-refractivity contribution in [1.29, 1.82) is 0 Å². The topological polar surface area (TPSA) is 9.23 Å². The zero-order chi connectivity index (χ0) is 20.6. The molecule has 0 aliphatic heterocycles. The van der Waals surface area contributed by atoms with E-state index in [2.05, 4.69) is 30.8 Å². The van der Waals surface area contributed by atoms with Crippen LogP contribution in [0.1, 0.15) is 25.7 Å². The summed E-state index contributed by atoms with van der Waals surface area (Å²) in [7, 11) is -0.367. The second-order valence-electron chi connectivity index (χ2n) is 8.37. The highest BCUT2D eigenvalue weighted by atomic mass is 32.2. The fraction of sp³-hybridized carbons (Fsp3) is 0.259. The molecule has 3 heteroatoms. The molecule has 3 aromatic rings. The molecule has 0 aromatic heterocycles. The van der Waals surface area contributed by atoms with Crippen LogP contribution in [0.3, 0.4) is 0 Å². The summed E-state index contributed by atoms with van der Waals surface area (Å²) in [6.45, 7) is 4.04. The maximum atomic E-state index is 15.3. The molecule has 5 rings (SSSR count). The van der Waals surface area contributed by atoms with Gasteiger partial charge in [0.1, 0.15) is 5.60 Å². The van der Waals surface area contributed by atoms with Crippen molar-refractivity contribution < 1.29 is 9.13 Å². The lowest BCUT2D eigenvalue weighted by Crippen LogP contribution is -2.39. The van der Waals surface area contributed by atoms with E-state index in [1.807, 2.05) is 54.6 Å². The second-order valence-corrected chi connectivity index (χ2v) is 10.4. The van der Waals surface area contributed by atoms with E-state index in [4.69, 9.17) is 4.74 Å². The van der Waals surface area contributed by atoms with Crippen molar-refractivity contribution >= 4 is 10.9 Å². The summed E-state index contributed by atoms with van der Waals surface area (Å²) in [5, 5.41) is 0. The molecule has 3 unspecified atom stereocenters. The van der Waals surface area contributed by atoms with Gasteiger partial charge in [0.15, 0.2) is 26.3 Å². The van der Waals surface area contributed by atoms with Gasteiger partial charge in [0.2, 0.25) is 0 Å². The van der Waals surface area contributed by atoms with Gasteiger partial charge in [-0.2, -0.15) is 0 Å². The molecule has 2 saturated carbocycles. The largest absolute Gasteiger partial charge is 0.480 e. The van der Waals surface area contributed by atoms with Crippen LogP contribution in [0, 0.1) is 17.7 Å². The average Bonchev–Trinajstić information content (AvgIpc) is 3.39. The predicted octanol–water partition coefficient (Wildman–Crippen LogP) is 7.04. The highest BCUT2D eigenvalue weighted by Crippen LogP contribution is 2.53. The fourth-order valence-corrected chi connectivity index (χ4v) is 7.26. The SMILES string of the molecule is C=CC1(Oc2ccc([S+](c3ccccc3)c3ccccc3)cc2F)CC2CCC1C2. The van der Waals surface area contributed by atoms with Gasteiger partial charge in [0, 0.05) is 12.0 Å². The molecule has 3 aromatic carbocycles. The van der Waals surface area contributed by atoms with Gasteiger partial charge in [-0.1, -0.05) is 43.0 Å². The van der Waals surface area contributed by atoms with Crippen LogP contribution in [0.2, 0.25) is 0 Å². The number of hydrogen-bond donors (Lipinski definition) is 0. The second kappa shape index (κ2) is 7.96. The Morgan fingerprint density at radius 2 is 1.57 bits per heavy atom. The van der Waals surface area contributed by atoms with Gasteiger partial charge in [-0.3, -0.25) is 0 Å². The van der Waals surface area contributed by atoms with Crippen LogP contribution in [-0.2, 0) is 10.9 Å². The molecule has 3 atom stereocenters. The molecular formula is C27H26FOS+. The minimum atomic E-state index is -0.411. The molecule has 0 N–H and O–H groups in total. The number of rotatable bonds is 6. The summed E-state index contributed by atoms with van der Waals surface area (Å²) in [5.41, 5.74) is -0.411. The van der Waals surface area contributed by atoms with Gasteiger partial charge in [0.05, 0.1) is 10.9 Å². The lowest BCUT2D eigenvalue weighted by Gasteiger charge is -2.35. The highest BCUT2D eigenvalue weighted by Gasteiger charge is 2.51. The zero-order valence-electron chi connectivity index (χ0n) is 17.0. The lowest BCUT2D eigenvalue weighted by atomic mass is 9.84. The first-order valence-electron chi connectivity index (χ1n) is 10.6. The van der Waals surface area contributed by atoms with E-state index in [-0.39, 0.29) is 16.7 Å². The molecule has 2 aliphatic rings. The monoisotopic (exact) mass is 417 g/mol. The Kier molecular flexibility index (Phi) is 5.16. The molecule has 0 radical (unpaired) electrons. The van der Waals surface area contributed by atoms with Gasteiger partial charge >= 0.3 is 0 Å². The van der Waals surface area contributed by atoms with E-state index in [0.29, 0.717) is 17.6 Å². The summed E-state index contributed by atoms with van der Waals surface area (Å²) in [6, 6.07) is 26.1. The molecule has 0 heterocycles. The van der Waals surface area contributed by atoms with E-state index in [1.165, 1.54) is 22.6 Å². The maximum Gasteiger partial charge on any atom is 0.170 e. The standard InChI is InChI=1S/C27H26FOS/c1-2-27(19-20-13-14-21(27)17-20)29-26-16-15-24(18-25(26)28)30(22-9-5-3-6-10-22)23-11-7-4-8-12-23/h2-12,15-16,18,20-21H,1,13-14,17,19H2/q+1. The van der Waals surface area contributed by atoms with Crippen LogP contribution in [0.15, 0.2) is 106 Å². The van der Waals surface area contributed by atoms with E-state index in [9.17, 15) is 0 Å². The van der Waals surface area contributed by atoms with Gasteiger partial charge in [0.25, 0.3) is 0 Å². The first kappa shape index (κ1) is 19.4. The minimum Gasteiger partial charge on any atom is -0.480 e. The van der Waals surface area contributed by atoms with Crippen LogP contribution in [0.25, 0.3) is 0 Å². The Labute approximate surface area is 180 Å². The van der Waals surface area contributed by atoms with Gasteiger partial charge in [-0.05, 0) is 74.1 Å². The van der Waals surface area contributed by atoms with Crippen molar-refractivity contribution in [2.75, 3.05) is 0 Å². The molecule has 30 heavy (non-hydrogen) atoms. The molecule has 2 bridgehead atoms. The smallest absolute Gasteiger partial charge is 0.170 e. The number of fused-ring (bicyclic) bond motifs is 2. The first-order valence-corrected chi connectivity index (χ1v) is 11.9. The Hall–Kier alpha value is -2.52. The van der Waals surface area contributed by atoms with E-state index >= 15 is 4.39 Å². The van der Waals surface area contributed by atoms with Crippen LogP contribution in [0.4, 0.5) is 4.39 Å². The molecule has 0 spiro atoms. The quantitative estimate of drug-likeness (QED) is 0.309. The van der Waals surface area contributed by atoms with Gasteiger partial charge < -0.3 is 4.74 Å². The van der Waals surface area contributed by atoms with Crippen LogP contribution < -0.4 is 4.74 Å². The van der Waals surface area contributed by atoms with Crippen molar-refractivity contribution in [2.24, 2.45) is 11.8 Å². The van der Waals surface area contributed by atoms with Gasteiger partial charge in [-0.15, -0.1) is 0 Å². The highest BCUT2D eigenvalue weighted by molar-refractivity contribution is 7.97. The summed E-state index contributed by atoms with van der Waals surface area (Å²) in [5.74, 6) is 1.21. The average molecular weight is 418 g/mol. The number of benzene rings is 3. The summed E-state index contributed by atoms with van der Waals surface area (Å²) in [6.07, 6.45) is 6.48. The fourth-order valence-electron chi connectivity index (χ4n) is 5.16. The third kappa shape index (κ3) is 3.45. The summed E-state index contributed by atoms with van der Waals surface area (Å²) < 4.78 is 21.6. The normalized spacial score (nSPS) is 24.9. The Morgan fingerprint density at radius 1 is 0.900 bits per heavy atom. The Balaban J connectivity index is 1.49. The molecule has 2 aliphatic carbocycles. The maximum absolute atomic E-state index is 15.3. The summed E-state index contributed by atoms with van der Waals surface area (Å²) >= 11 is 0. The third-order valence-corrected chi connectivity index (χ3v) is 8.79. The van der Waals surface area contributed by atoms with Crippen molar-refractivity contribution in [3.05, 3.63) is 97.3 Å². The number of ether oxygens (including phenoxy) is 1. The molecule has 1 nitrogen and oxygen atoms in total. The molecule has 0 amide bonds. The molecule has 2 fully saturated rings. The van der Waals surface area contributed by atoms with Crippen molar-refractivity contribution in [3.63, 3.8) is 0 Å². The molecule has 0 saturated heterocycles. The van der Waals surface area contributed by atoms with Crippen LogP contribution in [0.5, 0.6) is 5.75 Å². The third-order valence-electron chi connectivity index (χ3n) is 6.58. The lowest BCUT2D eigenvalue weighted by molar-refractivity contribution is 0.0562. The predicted molar refractivity (Wildman–Crippen MR) is 120 cm³/mol. The number of halogens is 1. The van der Waals surface area contributed by atoms with E-state index in [1.54, 1.807) is 6.07 Å². The molecule has 152 valence electrons. The van der Waals surface area contributed by atoms with Crippen molar-refractivity contribution in [2.45, 2.75) is 46.0 Å². The Bertz CT molecular complexity index is 996. The summed E-state index contributed by atoms with van der Waals surface area (Å²) in [4.78, 5) is 3.30. The van der Waals surface area contributed by atoms with Crippen molar-refractivity contribution in [1.82, 2.24) is 0 Å². The van der Waals surface area contributed by atoms with Crippen molar-refractivity contribution in [3.8, 4) is 5.75 Å². The minimum absolute atomic E-state index is 0.291.